The predicted octanol–water partition coefficient (Wildman–Crippen LogP) is 2.49. The fraction of sp³-hybridized carbons (Fsp3) is 0.625. The van der Waals surface area contributed by atoms with Crippen molar-refractivity contribution in [3.63, 3.8) is 0 Å². The summed E-state index contributed by atoms with van der Waals surface area (Å²) in [5.41, 5.74) is 0.720. The molecule has 0 bridgehead atoms. The molecule has 6 nitrogen and oxygen atoms in total. The van der Waals surface area contributed by atoms with Crippen molar-refractivity contribution in [2.24, 2.45) is 5.92 Å². The standard InChI is InChI=1S/C16H24N6/c1-12(2)5-9-22-8-3-4-13(11-22)15-19-16(21-20-15)14-10-17-6-7-18-14/h6-7,10,12-13H,3-5,8-9,11H2,1-2H3,(H,19,20,21). The lowest BCUT2D eigenvalue weighted by Gasteiger charge is -2.32. The summed E-state index contributed by atoms with van der Waals surface area (Å²) in [6.07, 6.45) is 8.68. The maximum Gasteiger partial charge on any atom is 0.201 e. The van der Waals surface area contributed by atoms with Gasteiger partial charge in [0.05, 0.1) is 6.20 Å². The molecule has 3 heterocycles. The van der Waals surface area contributed by atoms with Crippen LogP contribution in [0.4, 0.5) is 0 Å². The lowest BCUT2D eigenvalue weighted by Crippen LogP contribution is -2.35. The molecule has 1 N–H and O–H groups in total. The first-order valence-corrected chi connectivity index (χ1v) is 8.13. The third-order valence-electron chi connectivity index (χ3n) is 4.21. The Bertz CT molecular complexity index is 579. The molecule has 1 fully saturated rings. The highest BCUT2D eigenvalue weighted by Crippen LogP contribution is 2.25. The second-order valence-corrected chi connectivity index (χ2v) is 6.46. The maximum absolute atomic E-state index is 4.64. The van der Waals surface area contributed by atoms with Crippen LogP contribution in [0.5, 0.6) is 0 Å². The largest absolute Gasteiger partial charge is 0.303 e. The Morgan fingerprint density at radius 3 is 3.05 bits per heavy atom. The van der Waals surface area contributed by atoms with Crippen LogP contribution < -0.4 is 0 Å². The van der Waals surface area contributed by atoms with Crippen LogP contribution in [-0.4, -0.2) is 49.7 Å². The van der Waals surface area contributed by atoms with Gasteiger partial charge in [0, 0.05) is 24.9 Å². The van der Waals surface area contributed by atoms with Crippen molar-refractivity contribution in [1.82, 2.24) is 30.0 Å². The summed E-state index contributed by atoms with van der Waals surface area (Å²) < 4.78 is 0. The van der Waals surface area contributed by atoms with Gasteiger partial charge in [-0.1, -0.05) is 13.8 Å². The Hall–Kier alpha value is -1.82. The number of nitrogens with one attached hydrogen (secondary N) is 1. The lowest BCUT2D eigenvalue weighted by atomic mass is 9.97. The Labute approximate surface area is 131 Å². The van der Waals surface area contributed by atoms with Gasteiger partial charge in [-0.2, -0.15) is 5.10 Å². The molecule has 1 atom stereocenters. The van der Waals surface area contributed by atoms with Crippen molar-refractivity contribution < 1.29 is 0 Å². The minimum absolute atomic E-state index is 0.443. The first-order valence-electron chi connectivity index (χ1n) is 8.13. The van der Waals surface area contributed by atoms with E-state index in [1.807, 2.05) is 0 Å². The van der Waals surface area contributed by atoms with Crippen LogP contribution >= 0.6 is 0 Å². The van der Waals surface area contributed by atoms with Crippen LogP contribution in [0.3, 0.4) is 0 Å². The minimum atomic E-state index is 0.443. The van der Waals surface area contributed by atoms with Gasteiger partial charge in [-0.25, -0.2) is 9.97 Å². The summed E-state index contributed by atoms with van der Waals surface area (Å²) in [6, 6.07) is 0. The van der Waals surface area contributed by atoms with Crippen molar-refractivity contribution in [1.29, 1.82) is 0 Å². The van der Waals surface area contributed by atoms with Gasteiger partial charge in [0.25, 0.3) is 0 Å². The van der Waals surface area contributed by atoms with Gasteiger partial charge in [0.15, 0.2) is 0 Å². The average molecular weight is 300 g/mol. The summed E-state index contributed by atoms with van der Waals surface area (Å²) in [5.74, 6) is 2.82. The molecule has 1 aliphatic rings. The Balaban J connectivity index is 1.65. The van der Waals surface area contributed by atoms with Crippen LogP contribution in [-0.2, 0) is 0 Å². The topological polar surface area (TPSA) is 70.6 Å². The summed E-state index contributed by atoms with van der Waals surface area (Å²) in [4.78, 5) is 15.5. The number of aromatic amines is 1. The monoisotopic (exact) mass is 300 g/mol. The zero-order valence-electron chi connectivity index (χ0n) is 13.4. The van der Waals surface area contributed by atoms with Gasteiger partial charge in [-0.3, -0.25) is 10.1 Å². The van der Waals surface area contributed by atoms with Crippen molar-refractivity contribution in [3.05, 3.63) is 24.4 Å². The molecule has 2 aromatic rings. The first-order chi connectivity index (χ1) is 10.7. The van der Waals surface area contributed by atoms with E-state index in [2.05, 4.69) is 43.9 Å². The van der Waals surface area contributed by atoms with E-state index < -0.39 is 0 Å². The first kappa shape index (κ1) is 15.1. The predicted molar refractivity (Wildman–Crippen MR) is 85.3 cm³/mol. The van der Waals surface area contributed by atoms with E-state index in [1.54, 1.807) is 18.6 Å². The Kier molecular flexibility index (Phi) is 4.77. The van der Waals surface area contributed by atoms with Crippen LogP contribution in [0.25, 0.3) is 11.5 Å². The van der Waals surface area contributed by atoms with Crippen LogP contribution in [0, 0.1) is 5.92 Å². The van der Waals surface area contributed by atoms with Gasteiger partial charge in [0.1, 0.15) is 11.5 Å². The van der Waals surface area contributed by atoms with Crippen LogP contribution in [0.1, 0.15) is 44.9 Å². The van der Waals surface area contributed by atoms with Crippen LogP contribution in [0.2, 0.25) is 0 Å². The highest BCUT2D eigenvalue weighted by atomic mass is 15.2. The quantitative estimate of drug-likeness (QED) is 0.918. The highest BCUT2D eigenvalue weighted by Gasteiger charge is 2.24. The molecule has 2 aromatic heterocycles. The number of nitrogens with zero attached hydrogens (tertiary/aromatic N) is 5. The van der Waals surface area contributed by atoms with E-state index in [0.29, 0.717) is 11.7 Å². The third-order valence-corrected chi connectivity index (χ3v) is 4.21. The fourth-order valence-electron chi connectivity index (χ4n) is 2.91. The molecule has 0 amide bonds. The summed E-state index contributed by atoms with van der Waals surface area (Å²) in [6.45, 7) is 8.02. The van der Waals surface area contributed by atoms with E-state index in [-0.39, 0.29) is 0 Å². The van der Waals surface area contributed by atoms with Crippen molar-refractivity contribution >= 4 is 0 Å². The van der Waals surface area contributed by atoms with Gasteiger partial charge >= 0.3 is 0 Å². The molecule has 0 spiro atoms. The molecular weight excluding hydrogens is 276 g/mol. The number of hydrogen-bond donors (Lipinski definition) is 1. The van der Waals surface area contributed by atoms with E-state index in [9.17, 15) is 0 Å². The number of H-pyrrole nitrogens is 1. The molecule has 1 aliphatic heterocycles. The molecule has 22 heavy (non-hydrogen) atoms. The molecule has 118 valence electrons. The molecule has 0 saturated carbocycles. The normalized spacial score (nSPS) is 19.7. The smallest absolute Gasteiger partial charge is 0.201 e. The summed E-state index contributed by atoms with van der Waals surface area (Å²) in [7, 11) is 0. The number of hydrogen-bond acceptors (Lipinski definition) is 5. The van der Waals surface area contributed by atoms with E-state index in [1.165, 1.54) is 32.4 Å². The van der Waals surface area contributed by atoms with E-state index in [4.69, 9.17) is 0 Å². The minimum Gasteiger partial charge on any atom is -0.303 e. The van der Waals surface area contributed by atoms with Crippen molar-refractivity contribution in [2.75, 3.05) is 19.6 Å². The van der Waals surface area contributed by atoms with E-state index in [0.717, 1.165) is 24.0 Å². The highest BCUT2D eigenvalue weighted by molar-refractivity contribution is 5.46. The summed E-state index contributed by atoms with van der Waals surface area (Å²) >= 11 is 0. The van der Waals surface area contributed by atoms with Crippen molar-refractivity contribution in [2.45, 2.75) is 39.0 Å². The Morgan fingerprint density at radius 1 is 1.36 bits per heavy atom. The molecule has 3 rings (SSSR count). The molecular formula is C16H24N6. The van der Waals surface area contributed by atoms with Gasteiger partial charge in [-0.05, 0) is 38.3 Å². The average Bonchev–Trinajstić information content (AvgIpc) is 3.04. The number of aromatic nitrogens is 5. The van der Waals surface area contributed by atoms with Crippen LogP contribution in [0.15, 0.2) is 18.6 Å². The molecule has 0 aliphatic carbocycles. The number of rotatable bonds is 5. The van der Waals surface area contributed by atoms with Gasteiger partial charge in [-0.15, -0.1) is 0 Å². The zero-order valence-corrected chi connectivity index (χ0v) is 13.4. The van der Waals surface area contributed by atoms with Gasteiger partial charge in [0.2, 0.25) is 5.82 Å². The molecule has 0 aromatic carbocycles. The molecule has 0 radical (unpaired) electrons. The molecule has 1 unspecified atom stereocenters. The number of likely N-dealkylation sites (tertiary alicyclic amines) is 1. The Morgan fingerprint density at radius 2 is 2.27 bits per heavy atom. The SMILES string of the molecule is CC(C)CCN1CCCC(c2nc(-c3cnccn3)n[nH]2)C1. The fourth-order valence-corrected chi connectivity index (χ4v) is 2.91. The molecule has 6 heteroatoms. The second kappa shape index (κ2) is 6.96. The number of piperidine rings is 1. The third kappa shape index (κ3) is 3.68. The maximum atomic E-state index is 4.64. The summed E-state index contributed by atoms with van der Waals surface area (Å²) in [5, 5.41) is 7.41. The van der Waals surface area contributed by atoms with Crippen molar-refractivity contribution in [3.8, 4) is 11.5 Å². The zero-order chi connectivity index (χ0) is 15.4. The molecule has 1 saturated heterocycles. The van der Waals surface area contributed by atoms with E-state index >= 15 is 0 Å². The van der Waals surface area contributed by atoms with Gasteiger partial charge < -0.3 is 4.90 Å². The second-order valence-electron chi connectivity index (χ2n) is 6.46. The lowest BCUT2D eigenvalue weighted by molar-refractivity contribution is 0.195.